The molecule has 3 nitrogen and oxygen atoms in total. The largest absolute Gasteiger partial charge is 0.333 e. The third kappa shape index (κ3) is 5.41. The molecule has 1 aromatic rings. The summed E-state index contributed by atoms with van der Waals surface area (Å²) in [6, 6.07) is 6.65. The minimum Gasteiger partial charge on any atom is -0.333 e. The van der Waals surface area contributed by atoms with Gasteiger partial charge in [0.25, 0.3) is 0 Å². The molecule has 1 aromatic carbocycles. The Morgan fingerprint density at radius 2 is 1.54 bits per heavy atom. The van der Waals surface area contributed by atoms with Crippen molar-refractivity contribution in [3.05, 3.63) is 29.3 Å². The maximum absolute atomic E-state index is 13.1. The van der Waals surface area contributed by atoms with E-state index in [1.54, 1.807) is 0 Å². The van der Waals surface area contributed by atoms with Crippen molar-refractivity contribution in [1.29, 1.82) is 0 Å². The zero-order valence-corrected chi connectivity index (χ0v) is 19.4. The SMILES string of the molecule is CC(C)c1cccc(C(C)C)c1NC(=O)NC(C1CCCCC1)C1SCCS1. The Hall–Kier alpha value is -0.810. The molecule has 1 aliphatic heterocycles. The van der Waals surface area contributed by atoms with Gasteiger partial charge in [0.1, 0.15) is 0 Å². The lowest BCUT2D eigenvalue weighted by molar-refractivity contribution is 0.235. The molecule has 1 atom stereocenters. The van der Waals surface area contributed by atoms with E-state index in [9.17, 15) is 4.79 Å². The van der Waals surface area contributed by atoms with Gasteiger partial charge in [-0.1, -0.05) is 65.2 Å². The molecule has 1 heterocycles. The maximum Gasteiger partial charge on any atom is 0.319 e. The van der Waals surface area contributed by atoms with Crippen LogP contribution < -0.4 is 10.6 Å². The summed E-state index contributed by atoms with van der Waals surface area (Å²) in [4.78, 5) is 13.1. The van der Waals surface area contributed by atoms with Gasteiger partial charge >= 0.3 is 6.03 Å². The lowest BCUT2D eigenvalue weighted by atomic mass is 9.84. The predicted molar refractivity (Wildman–Crippen MR) is 126 cm³/mol. The van der Waals surface area contributed by atoms with E-state index in [2.05, 4.69) is 56.5 Å². The second kappa shape index (κ2) is 10.3. The first-order valence-electron chi connectivity index (χ1n) is 10.9. The van der Waals surface area contributed by atoms with Gasteiger partial charge in [0.15, 0.2) is 0 Å². The average molecular weight is 421 g/mol. The number of carbonyl (C=O) groups excluding carboxylic acids is 1. The second-order valence-electron chi connectivity index (χ2n) is 8.75. The minimum absolute atomic E-state index is 0.0290. The Morgan fingerprint density at radius 1 is 0.964 bits per heavy atom. The first kappa shape index (κ1) is 21.9. The van der Waals surface area contributed by atoms with Crippen LogP contribution >= 0.6 is 23.5 Å². The van der Waals surface area contributed by atoms with E-state index in [0.717, 1.165) is 5.69 Å². The third-order valence-electron chi connectivity index (χ3n) is 6.01. The number of benzene rings is 1. The molecular formula is C23H36N2OS2. The monoisotopic (exact) mass is 420 g/mol. The first-order chi connectivity index (χ1) is 13.5. The predicted octanol–water partition coefficient (Wildman–Crippen LogP) is 6.81. The molecule has 1 aliphatic carbocycles. The summed E-state index contributed by atoms with van der Waals surface area (Å²) >= 11 is 4.06. The van der Waals surface area contributed by atoms with Crippen molar-refractivity contribution in [3.8, 4) is 0 Å². The topological polar surface area (TPSA) is 41.1 Å². The van der Waals surface area contributed by atoms with Crippen molar-refractivity contribution >= 4 is 35.2 Å². The molecule has 0 spiro atoms. The normalized spacial score (nSPS) is 19.9. The van der Waals surface area contributed by atoms with Gasteiger partial charge < -0.3 is 10.6 Å². The van der Waals surface area contributed by atoms with Crippen molar-refractivity contribution in [2.24, 2.45) is 5.92 Å². The standard InChI is InChI=1S/C23H36N2OS2/c1-15(2)18-11-8-12-19(16(3)4)21(18)25-23(26)24-20(22-27-13-14-28-22)17-9-6-5-7-10-17/h8,11-12,15-17,20,22H,5-7,9-10,13-14H2,1-4H3,(H2,24,25,26). The molecule has 5 heteroatoms. The van der Waals surface area contributed by atoms with E-state index in [-0.39, 0.29) is 12.1 Å². The number of rotatable bonds is 6. The molecule has 1 saturated carbocycles. The fourth-order valence-corrected chi connectivity index (χ4v) is 7.67. The van der Waals surface area contributed by atoms with E-state index in [0.29, 0.717) is 22.3 Å². The number of hydrogen-bond donors (Lipinski definition) is 2. The molecule has 156 valence electrons. The number of carbonyl (C=O) groups is 1. The summed E-state index contributed by atoms with van der Waals surface area (Å²) in [5, 5.41) is 6.68. The first-order valence-corrected chi connectivity index (χ1v) is 13.0. The summed E-state index contributed by atoms with van der Waals surface area (Å²) in [6.45, 7) is 8.77. The molecule has 2 aliphatic rings. The van der Waals surface area contributed by atoms with Crippen LogP contribution in [0, 0.1) is 5.92 Å². The molecular weight excluding hydrogens is 384 g/mol. The molecule has 2 amide bonds. The van der Waals surface area contributed by atoms with Crippen LogP contribution in [0.3, 0.4) is 0 Å². The highest BCUT2D eigenvalue weighted by molar-refractivity contribution is 8.20. The number of hydrogen-bond acceptors (Lipinski definition) is 3. The Balaban J connectivity index is 1.77. The van der Waals surface area contributed by atoms with Gasteiger partial charge in [0.05, 0.1) is 10.6 Å². The molecule has 0 aromatic heterocycles. The summed E-state index contributed by atoms with van der Waals surface area (Å²) in [6.07, 6.45) is 6.46. The number of para-hydroxylation sites is 1. The highest BCUT2D eigenvalue weighted by atomic mass is 32.2. The third-order valence-corrected chi connectivity index (χ3v) is 9.21. The number of anilines is 1. The van der Waals surface area contributed by atoms with Gasteiger partial charge in [-0.2, -0.15) is 0 Å². The lowest BCUT2D eigenvalue weighted by Gasteiger charge is -2.34. The number of thioether (sulfide) groups is 2. The minimum atomic E-state index is -0.0290. The van der Waals surface area contributed by atoms with Crippen LogP contribution in [0.1, 0.15) is 82.8 Å². The number of amides is 2. The molecule has 2 fully saturated rings. The quantitative estimate of drug-likeness (QED) is 0.531. The Bertz CT molecular complexity index is 624. The van der Waals surface area contributed by atoms with Gasteiger partial charge in [0.2, 0.25) is 0 Å². The summed E-state index contributed by atoms with van der Waals surface area (Å²) in [7, 11) is 0. The van der Waals surface area contributed by atoms with Crippen LogP contribution in [0.25, 0.3) is 0 Å². The van der Waals surface area contributed by atoms with E-state index in [4.69, 9.17) is 0 Å². The van der Waals surface area contributed by atoms with Crippen molar-refractivity contribution in [1.82, 2.24) is 5.32 Å². The highest BCUT2D eigenvalue weighted by Gasteiger charge is 2.34. The molecule has 2 N–H and O–H groups in total. The Morgan fingerprint density at radius 3 is 2.07 bits per heavy atom. The second-order valence-corrected chi connectivity index (χ2v) is 11.6. The van der Waals surface area contributed by atoms with Crippen molar-refractivity contribution in [2.45, 2.75) is 82.3 Å². The molecule has 1 saturated heterocycles. The van der Waals surface area contributed by atoms with Crippen LogP contribution in [0.5, 0.6) is 0 Å². The fraction of sp³-hybridized carbons (Fsp3) is 0.696. The molecule has 0 radical (unpaired) electrons. The lowest BCUT2D eigenvalue weighted by Crippen LogP contribution is -2.47. The summed E-state index contributed by atoms with van der Waals surface area (Å²) in [5.41, 5.74) is 3.46. The zero-order valence-electron chi connectivity index (χ0n) is 17.8. The Kier molecular flexibility index (Phi) is 8.04. The van der Waals surface area contributed by atoms with Crippen LogP contribution in [0.2, 0.25) is 0 Å². The maximum atomic E-state index is 13.1. The number of urea groups is 1. The van der Waals surface area contributed by atoms with Crippen LogP contribution in [0.4, 0.5) is 10.5 Å². The van der Waals surface area contributed by atoms with E-state index >= 15 is 0 Å². The Labute approximate surface area is 179 Å². The molecule has 1 unspecified atom stereocenters. The van der Waals surface area contributed by atoms with Crippen molar-refractivity contribution < 1.29 is 4.79 Å². The van der Waals surface area contributed by atoms with E-state index in [1.807, 2.05) is 23.5 Å². The van der Waals surface area contributed by atoms with Gasteiger partial charge in [-0.3, -0.25) is 0 Å². The average Bonchev–Trinajstić information content (AvgIpc) is 3.21. The number of nitrogens with one attached hydrogen (secondary N) is 2. The van der Waals surface area contributed by atoms with Gasteiger partial charge in [-0.15, -0.1) is 23.5 Å². The van der Waals surface area contributed by atoms with E-state index in [1.165, 1.54) is 54.7 Å². The molecule has 28 heavy (non-hydrogen) atoms. The van der Waals surface area contributed by atoms with Crippen molar-refractivity contribution in [3.63, 3.8) is 0 Å². The van der Waals surface area contributed by atoms with Gasteiger partial charge in [-0.25, -0.2) is 4.79 Å². The smallest absolute Gasteiger partial charge is 0.319 e. The summed E-state index contributed by atoms with van der Waals surface area (Å²) in [5.74, 6) is 3.78. The van der Waals surface area contributed by atoms with Crippen LogP contribution in [0.15, 0.2) is 18.2 Å². The zero-order chi connectivity index (χ0) is 20.1. The van der Waals surface area contributed by atoms with Gasteiger partial charge in [0, 0.05) is 17.2 Å². The van der Waals surface area contributed by atoms with E-state index < -0.39 is 0 Å². The van der Waals surface area contributed by atoms with Crippen LogP contribution in [-0.4, -0.2) is 28.2 Å². The fourth-order valence-electron chi connectivity index (χ4n) is 4.48. The van der Waals surface area contributed by atoms with Crippen LogP contribution in [-0.2, 0) is 0 Å². The van der Waals surface area contributed by atoms with Gasteiger partial charge in [-0.05, 0) is 41.7 Å². The highest BCUT2D eigenvalue weighted by Crippen LogP contribution is 2.40. The molecule has 0 bridgehead atoms. The summed E-state index contributed by atoms with van der Waals surface area (Å²) < 4.78 is 0.499. The van der Waals surface area contributed by atoms with Crippen molar-refractivity contribution in [2.75, 3.05) is 16.8 Å². The molecule has 3 rings (SSSR count).